The third-order valence-corrected chi connectivity index (χ3v) is 3.17. The van der Waals surface area contributed by atoms with E-state index in [-0.39, 0.29) is 5.97 Å². The number of ether oxygens (including phenoxy) is 2. The molecule has 82 valence electrons. The fraction of sp³-hybridized carbons (Fsp3) is 0.364. The number of hydrogen-bond donors (Lipinski definition) is 0. The zero-order valence-electron chi connectivity index (χ0n) is 8.96. The van der Waals surface area contributed by atoms with E-state index in [2.05, 4.69) is 22.6 Å². The van der Waals surface area contributed by atoms with Crippen LogP contribution in [0.25, 0.3) is 0 Å². The van der Waals surface area contributed by atoms with Gasteiger partial charge < -0.3 is 9.47 Å². The Morgan fingerprint density at radius 2 is 2.13 bits per heavy atom. The Morgan fingerprint density at radius 3 is 2.67 bits per heavy atom. The first-order chi connectivity index (χ1) is 7.10. The maximum absolute atomic E-state index is 11.6. The van der Waals surface area contributed by atoms with E-state index < -0.39 is 0 Å². The van der Waals surface area contributed by atoms with E-state index in [1.807, 2.05) is 13.0 Å². The van der Waals surface area contributed by atoms with Crippen LogP contribution in [0.1, 0.15) is 22.8 Å². The van der Waals surface area contributed by atoms with Gasteiger partial charge in [0.05, 0.1) is 19.3 Å². The highest BCUT2D eigenvalue weighted by atomic mass is 127. The predicted octanol–water partition coefficient (Wildman–Crippen LogP) is 2.78. The smallest absolute Gasteiger partial charge is 0.338 e. The molecular formula is C11H13IO3. The number of carbonyl (C=O) groups excluding carboxylic acids is 1. The first kappa shape index (κ1) is 12.3. The van der Waals surface area contributed by atoms with Gasteiger partial charge in [-0.05, 0) is 54.1 Å². The summed E-state index contributed by atoms with van der Waals surface area (Å²) in [6.45, 7) is 4.07. The highest BCUT2D eigenvalue weighted by molar-refractivity contribution is 14.1. The van der Waals surface area contributed by atoms with Gasteiger partial charge in [0.15, 0.2) is 0 Å². The standard InChI is InChI=1S/C11H13IO3/c1-4-15-11(13)9-5-8(14-3)6-10(12)7(9)2/h5-6H,4H2,1-3H3. The molecule has 0 radical (unpaired) electrons. The molecule has 0 saturated carbocycles. The van der Waals surface area contributed by atoms with E-state index in [1.54, 1.807) is 20.1 Å². The van der Waals surface area contributed by atoms with Gasteiger partial charge in [0, 0.05) is 3.57 Å². The zero-order valence-corrected chi connectivity index (χ0v) is 11.1. The van der Waals surface area contributed by atoms with Gasteiger partial charge in [-0.3, -0.25) is 0 Å². The molecule has 0 aliphatic carbocycles. The van der Waals surface area contributed by atoms with Crippen molar-refractivity contribution < 1.29 is 14.3 Å². The minimum absolute atomic E-state index is 0.299. The second-order valence-electron chi connectivity index (χ2n) is 3.00. The number of carbonyl (C=O) groups is 1. The van der Waals surface area contributed by atoms with E-state index in [9.17, 15) is 4.79 Å². The summed E-state index contributed by atoms with van der Waals surface area (Å²) >= 11 is 2.17. The minimum atomic E-state index is -0.299. The molecule has 1 aromatic rings. The SMILES string of the molecule is CCOC(=O)c1cc(OC)cc(I)c1C. The summed E-state index contributed by atoms with van der Waals surface area (Å²) in [6, 6.07) is 3.59. The normalized spacial score (nSPS) is 9.87. The average molecular weight is 320 g/mol. The lowest BCUT2D eigenvalue weighted by molar-refractivity contribution is 0.0525. The van der Waals surface area contributed by atoms with E-state index in [1.165, 1.54) is 0 Å². The summed E-state index contributed by atoms with van der Waals surface area (Å²) in [5.41, 5.74) is 1.50. The summed E-state index contributed by atoms with van der Waals surface area (Å²) < 4.78 is 11.1. The molecule has 0 N–H and O–H groups in total. The molecular weight excluding hydrogens is 307 g/mol. The average Bonchev–Trinajstić information content (AvgIpc) is 2.22. The van der Waals surface area contributed by atoms with E-state index in [4.69, 9.17) is 9.47 Å². The van der Waals surface area contributed by atoms with E-state index in [0.717, 1.165) is 9.13 Å². The molecule has 0 saturated heterocycles. The molecule has 3 nitrogen and oxygen atoms in total. The maximum Gasteiger partial charge on any atom is 0.338 e. The van der Waals surface area contributed by atoms with Gasteiger partial charge in [-0.15, -0.1) is 0 Å². The Balaban J connectivity index is 3.15. The molecule has 0 fully saturated rings. The van der Waals surface area contributed by atoms with Crippen molar-refractivity contribution in [3.8, 4) is 5.75 Å². The van der Waals surface area contributed by atoms with E-state index in [0.29, 0.717) is 17.9 Å². The van der Waals surface area contributed by atoms with Gasteiger partial charge in [0.25, 0.3) is 0 Å². The van der Waals surface area contributed by atoms with Crippen LogP contribution in [0.4, 0.5) is 0 Å². The number of halogens is 1. The summed E-state index contributed by atoms with van der Waals surface area (Å²) in [6.07, 6.45) is 0. The summed E-state index contributed by atoms with van der Waals surface area (Å²) in [7, 11) is 1.58. The van der Waals surface area contributed by atoms with Gasteiger partial charge in [-0.2, -0.15) is 0 Å². The largest absolute Gasteiger partial charge is 0.497 e. The van der Waals surface area contributed by atoms with Gasteiger partial charge in [0.1, 0.15) is 5.75 Å². The van der Waals surface area contributed by atoms with Crippen molar-refractivity contribution in [2.24, 2.45) is 0 Å². The van der Waals surface area contributed by atoms with Crippen LogP contribution < -0.4 is 4.74 Å². The molecule has 0 spiro atoms. The Hall–Kier alpha value is -0.780. The molecule has 0 atom stereocenters. The van der Waals surface area contributed by atoms with E-state index >= 15 is 0 Å². The Kier molecular flexibility index (Phi) is 4.38. The van der Waals surface area contributed by atoms with Crippen molar-refractivity contribution >= 4 is 28.6 Å². The van der Waals surface area contributed by atoms with Gasteiger partial charge in [-0.1, -0.05) is 0 Å². The van der Waals surface area contributed by atoms with Crippen molar-refractivity contribution in [3.05, 3.63) is 26.8 Å². The topological polar surface area (TPSA) is 35.5 Å². The highest BCUT2D eigenvalue weighted by Gasteiger charge is 2.13. The second kappa shape index (κ2) is 5.34. The van der Waals surface area contributed by atoms with Crippen LogP contribution in [0.2, 0.25) is 0 Å². The second-order valence-corrected chi connectivity index (χ2v) is 4.16. The first-order valence-corrected chi connectivity index (χ1v) is 5.69. The molecule has 0 unspecified atom stereocenters. The highest BCUT2D eigenvalue weighted by Crippen LogP contribution is 2.24. The Bertz CT molecular complexity index is 374. The zero-order chi connectivity index (χ0) is 11.4. The van der Waals surface area contributed by atoms with Crippen molar-refractivity contribution in [3.63, 3.8) is 0 Å². The molecule has 0 heterocycles. The van der Waals surface area contributed by atoms with Crippen LogP contribution in [0, 0.1) is 10.5 Å². The Labute approximate surface area is 103 Å². The van der Waals surface area contributed by atoms with Crippen LogP contribution in [-0.4, -0.2) is 19.7 Å². The lowest BCUT2D eigenvalue weighted by Gasteiger charge is -2.09. The van der Waals surface area contributed by atoms with Crippen LogP contribution in [0.3, 0.4) is 0 Å². The number of rotatable bonds is 3. The molecule has 4 heteroatoms. The van der Waals surface area contributed by atoms with Crippen molar-refractivity contribution in [1.82, 2.24) is 0 Å². The van der Waals surface area contributed by atoms with Gasteiger partial charge >= 0.3 is 5.97 Å². The van der Waals surface area contributed by atoms with Crippen LogP contribution >= 0.6 is 22.6 Å². The molecule has 1 aromatic carbocycles. The minimum Gasteiger partial charge on any atom is -0.497 e. The number of benzene rings is 1. The van der Waals surface area contributed by atoms with Crippen molar-refractivity contribution in [2.45, 2.75) is 13.8 Å². The summed E-state index contributed by atoms with van der Waals surface area (Å²) in [4.78, 5) is 11.6. The molecule has 0 bridgehead atoms. The lowest BCUT2D eigenvalue weighted by Crippen LogP contribution is -2.08. The summed E-state index contributed by atoms with van der Waals surface area (Å²) in [5.74, 6) is 0.375. The summed E-state index contributed by atoms with van der Waals surface area (Å²) in [5, 5.41) is 0. The monoisotopic (exact) mass is 320 g/mol. The fourth-order valence-electron chi connectivity index (χ4n) is 1.19. The van der Waals surface area contributed by atoms with Crippen molar-refractivity contribution in [1.29, 1.82) is 0 Å². The third-order valence-electron chi connectivity index (χ3n) is 2.05. The maximum atomic E-state index is 11.6. The van der Waals surface area contributed by atoms with Crippen LogP contribution in [0.5, 0.6) is 5.75 Å². The molecule has 15 heavy (non-hydrogen) atoms. The lowest BCUT2D eigenvalue weighted by atomic mass is 10.1. The van der Waals surface area contributed by atoms with Gasteiger partial charge in [0.2, 0.25) is 0 Å². The molecule has 0 amide bonds. The quantitative estimate of drug-likeness (QED) is 0.635. The first-order valence-electron chi connectivity index (χ1n) is 4.61. The van der Waals surface area contributed by atoms with Gasteiger partial charge in [-0.25, -0.2) is 4.79 Å². The number of methoxy groups -OCH3 is 1. The number of esters is 1. The van der Waals surface area contributed by atoms with Crippen LogP contribution in [-0.2, 0) is 4.74 Å². The molecule has 0 aliphatic heterocycles. The Morgan fingerprint density at radius 1 is 1.47 bits per heavy atom. The predicted molar refractivity (Wildman–Crippen MR) is 66.4 cm³/mol. The molecule has 1 rings (SSSR count). The molecule has 0 aromatic heterocycles. The fourth-order valence-corrected chi connectivity index (χ4v) is 1.79. The number of hydrogen-bond acceptors (Lipinski definition) is 3. The third kappa shape index (κ3) is 2.84. The van der Waals surface area contributed by atoms with Crippen LogP contribution in [0.15, 0.2) is 12.1 Å². The molecule has 0 aliphatic rings. The van der Waals surface area contributed by atoms with Crippen molar-refractivity contribution in [2.75, 3.05) is 13.7 Å².